The van der Waals surface area contributed by atoms with E-state index < -0.39 is 0 Å². The number of hydrogen-bond donors (Lipinski definition) is 0. The maximum Gasteiger partial charge on any atom is 3.00 e. The molecule has 0 heterocycles. The predicted molar refractivity (Wildman–Crippen MR) is 84.8 cm³/mol. The Hall–Kier alpha value is 0.372. The fourth-order valence-corrected chi connectivity index (χ4v) is 0. The van der Waals surface area contributed by atoms with Gasteiger partial charge in [-0.2, -0.15) is 0 Å². The van der Waals surface area contributed by atoms with E-state index in [1.54, 1.807) is 27.7 Å². The van der Waals surface area contributed by atoms with E-state index in [1.807, 2.05) is 27.7 Å². The zero-order valence-corrected chi connectivity index (χ0v) is 16.5. The molecule has 0 aromatic rings. The van der Waals surface area contributed by atoms with Crippen LogP contribution in [0.4, 0.5) is 0 Å². The normalized spacial score (nSPS) is 14.3. The molecule has 0 bridgehead atoms. The van der Waals surface area contributed by atoms with E-state index in [9.17, 15) is 20.4 Å². The summed E-state index contributed by atoms with van der Waals surface area (Å²) in [5.74, 6) is 0. The predicted octanol–water partition coefficient (Wildman–Crippen LogP) is 0.200. The van der Waals surface area contributed by atoms with Crippen molar-refractivity contribution in [2.24, 2.45) is 0 Å². The summed E-state index contributed by atoms with van der Waals surface area (Å²) in [6.45, 7) is 14.2. The fourth-order valence-electron chi connectivity index (χ4n) is 0. The molecule has 5 heteroatoms. The molecule has 0 aliphatic rings. The van der Waals surface area contributed by atoms with E-state index >= 15 is 0 Å². The van der Waals surface area contributed by atoms with Crippen molar-refractivity contribution in [1.29, 1.82) is 0 Å². The van der Waals surface area contributed by atoms with E-state index in [1.165, 1.54) is 0 Å². The van der Waals surface area contributed by atoms with Gasteiger partial charge in [0.25, 0.3) is 0 Å². The van der Waals surface area contributed by atoms with Crippen LogP contribution in [0.25, 0.3) is 0 Å². The summed E-state index contributed by atoms with van der Waals surface area (Å²) in [7, 11) is 0. The average molecular weight is 319 g/mol. The van der Waals surface area contributed by atoms with Crippen molar-refractivity contribution in [3.8, 4) is 0 Å². The monoisotopic (exact) mass is 319 g/mol. The Labute approximate surface area is 143 Å². The van der Waals surface area contributed by atoms with Gasteiger partial charge in [-0.3, -0.25) is 0 Å². The molecule has 0 N–H and O–H groups in total. The molecule has 21 heavy (non-hydrogen) atoms. The zero-order valence-electron chi connectivity index (χ0n) is 15.3. The largest absolute Gasteiger partial charge is 3.00 e. The van der Waals surface area contributed by atoms with Gasteiger partial charge in [0.1, 0.15) is 0 Å². The SMILES string of the molecule is CCC(C)[O-].CCC(C)[O-].CCC(C)[O-].CCC(C)[O-].[Al+3]. The van der Waals surface area contributed by atoms with Crippen molar-refractivity contribution in [2.45, 2.75) is 105 Å². The van der Waals surface area contributed by atoms with Crippen LogP contribution in [0.2, 0.25) is 0 Å². The van der Waals surface area contributed by atoms with Crippen LogP contribution in [0.3, 0.4) is 0 Å². The van der Waals surface area contributed by atoms with Crippen LogP contribution in [-0.2, 0) is 0 Å². The zero-order chi connectivity index (χ0) is 17.1. The van der Waals surface area contributed by atoms with Gasteiger partial charge in [-0.25, -0.2) is 0 Å². The maximum atomic E-state index is 9.90. The average Bonchev–Trinajstić information content (AvgIpc) is 2.40. The van der Waals surface area contributed by atoms with Gasteiger partial charge in [-0.15, -0.1) is 24.4 Å². The Bertz CT molecular complexity index is 108. The minimum atomic E-state index is -0.366. The minimum Gasteiger partial charge on any atom is -0.852 e. The van der Waals surface area contributed by atoms with Crippen LogP contribution >= 0.6 is 0 Å². The Balaban J connectivity index is -0.0000000533. The van der Waals surface area contributed by atoms with Gasteiger partial charge in [0.15, 0.2) is 0 Å². The van der Waals surface area contributed by atoms with Crippen molar-refractivity contribution in [3.05, 3.63) is 0 Å². The third-order valence-electron chi connectivity index (χ3n) is 2.30. The Morgan fingerprint density at radius 1 is 0.476 bits per heavy atom. The second-order valence-electron chi connectivity index (χ2n) is 4.88. The molecule has 0 saturated carbocycles. The summed E-state index contributed by atoms with van der Waals surface area (Å²) >= 11 is 0. The fraction of sp³-hybridized carbons (Fsp3) is 1.00. The summed E-state index contributed by atoms with van der Waals surface area (Å²) in [6, 6.07) is 0. The molecule has 0 aromatic heterocycles. The topological polar surface area (TPSA) is 92.2 Å². The van der Waals surface area contributed by atoms with E-state index in [0.29, 0.717) is 0 Å². The number of hydrogen-bond acceptors (Lipinski definition) is 4. The molecule has 0 aliphatic carbocycles. The van der Waals surface area contributed by atoms with Gasteiger partial charge in [0.2, 0.25) is 0 Å². The molecule has 0 fully saturated rings. The van der Waals surface area contributed by atoms with Crippen molar-refractivity contribution in [3.63, 3.8) is 0 Å². The summed E-state index contributed by atoms with van der Waals surface area (Å²) < 4.78 is 0. The van der Waals surface area contributed by atoms with E-state index in [-0.39, 0.29) is 41.8 Å². The Kier molecular flexibility index (Phi) is 44.9. The van der Waals surface area contributed by atoms with E-state index in [4.69, 9.17) is 0 Å². The van der Waals surface area contributed by atoms with Crippen LogP contribution in [0.1, 0.15) is 81.1 Å². The minimum absolute atomic E-state index is 0. The molecule has 0 aromatic carbocycles. The summed E-state index contributed by atoms with van der Waals surface area (Å²) in [5, 5.41) is 39.6. The van der Waals surface area contributed by atoms with Crippen LogP contribution < -0.4 is 20.4 Å². The summed E-state index contributed by atoms with van der Waals surface area (Å²) in [5.41, 5.74) is 0. The van der Waals surface area contributed by atoms with Crippen LogP contribution in [0.15, 0.2) is 0 Å². The molecule has 4 nitrogen and oxygen atoms in total. The van der Waals surface area contributed by atoms with Crippen LogP contribution in [0, 0.1) is 0 Å². The molecule has 0 radical (unpaired) electrons. The molecular weight excluding hydrogens is 283 g/mol. The third kappa shape index (κ3) is 98.1. The van der Waals surface area contributed by atoms with Crippen molar-refractivity contribution in [2.75, 3.05) is 0 Å². The smallest absolute Gasteiger partial charge is 0.852 e. The van der Waals surface area contributed by atoms with Gasteiger partial charge < -0.3 is 20.4 Å². The maximum absolute atomic E-state index is 9.90. The van der Waals surface area contributed by atoms with E-state index in [0.717, 1.165) is 25.7 Å². The number of rotatable bonds is 4. The third-order valence-corrected chi connectivity index (χ3v) is 2.30. The molecule has 0 rings (SSSR count). The first kappa shape index (κ1) is 33.1. The molecule has 0 amide bonds. The van der Waals surface area contributed by atoms with Crippen molar-refractivity contribution < 1.29 is 20.4 Å². The second-order valence-corrected chi connectivity index (χ2v) is 4.88. The standard InChI is InChI=1S/4C4H9O.Al/c4*1-3-4(2)5;/h4*4H,3H2,1-2H3;/q4*-1;+3. The van der Waals surface area contributed by atoms with Gasteiger partial charge in [0, 0.05) is 0 Å². The summed E-state index contributed by atoms with van der Waals surface area (Å²) in [4.78, 5) is 0. The Morgan fingerprint density at radius 2 is 0.524 bits per heavy atom. The van der Waals surface area contributed by atoms with Gasteiger partial charge in [-0.05, 0) is 0 Å². The molecule has 128 valence electrons. The van der Waals surface area contributed by atoms with E-state index in [2.05, 4.69) is 0 Å². The first-order valence-electron chi connectivity index (χ1n) is 7.71. The Morgan fingerprint density at radius 3 is 0.524 bits per heavy atom. The second kappa shape index (κ2) is 28.5. The first-order chi connectivity index (χ1) is 9.08. The van der Waals surface area contributed by atoms with Gasteiger partial charge in [-0.1, -0.05) is 81.1 Å². The summed E-state index contributed by atoms with van der Waals surface area (Å²) in [6.07, 6.45) is 1.54. The van der Waals surface area contributed by atoms with Crippen molar-refractivity contribution in [1.82, 2.24) is 0 Å². The molecule has 0 spiro atoms. The van der Waals surface area contributed by atoms with Gasteiger partial charge in [0.05, 0.1) is 0 Å². The molecule has 0 aliphatic heterocycles. The van der Waals surface area contributed by atoms with Crippen molar-refractivity contribution >= 4 is 17.4 Å². The van der Waals surface area contributed by atoms with Gasteiger partial charge >= 0.3 is 17.4 Å². The first-order valence-corrected chi connectivity index (χ1v) is 7.71. The quantitative estimate of drug-likeness (QED) is 0.692. The molecule has 0 saturated heterocycles. The van der Waals surface area contributed by atoms with Crippen LogP contribution in [0.5, 0.6) is 0 Å². The van der Waals surface area contributed by atoms with Crippen LogP contribution in [-0.4, -0.2) is 41.8 Å². The molecule has 4 unspecified atom stereocenters. The molecular formula is C16H36AlO4-. The molecule has 4 atom stereocenters.